The van der Waals surface area contributed by atoms with Gasteiger partial charge >= 0.3 is 23.2 Å². The normalized spacial score (nSPS) is 8.00. The Hall–Kier alpha value is -0.801. The van der Waals surface area contributed by atoms with Crippen molar-refractivity contribution in [3.63, 3.8) is 0 Å². The van der Waals surface area contributed by atoms with Gasteiger partial charge in [-0.1, -0.05) is 12.4 Å². The second kappa shape index (κ2) is 3.27. The molecule has 0 fully saturated rings. The van der Waals surface area contributed by atoms with Crippen molar-refractivity contribution in [2.45, 2.75) is 0 Å². The molecule has 5 heteroatoms. The van der Waals surface area contributed by atoms with E-state index in [0.717, 1.165) is 0 Å². The van der Waals surface area contributed by atoms with Crippen LogP contribution in [0.4, 0.5) is 4.79 Å². The van der Waals surface area contributed by atoms with E-state index in [-0.39, 0.29) is 17.1 Å². The molecule has 0 spiro atoms. The van der Waals surface area contributed by atoms with Crippen LogP contribution in [0.2, 0.25) is 0 Å². The molecule has 0 bridgehead atoms. The third-order valence-electron chi connectivity index (χ3n) is 0.635. The molecule has 1 N–H and O–H groups in total. The van der Waals surface area contributed by atoms with Gasteiger partial charge in [-0.2, -0.15) is 0 Å². The molecule has 52 valence electrons. The van der Waals surface area contributed by atoms with Gasteiger partial charge in [0.15, 0.2) is 0 Å². The van der Waals surface area contributed by atoms with Crippen molar-refractivity contribution in [1.29, 1.82) is 0 Å². The van der Waals surface area contributed by atoms with Crippen LogP contribution in [0, 0.1) is 6.20 Å². The Morgan fingerprint density at radius 1 is 1.78 bits per heavy atom. The number of nitrogens with zero attached hydrogens (tertiary/aromatic N) is 2. The first-order valence-electron chi connectivity index (χ1n) is 1.96. The van der Waals surface area contributed by atoms with Crippen LogP contribution in [0.3, 0.4) is 0 Å². The zero-order valence-corrected chi connectivity index (χ0v) is 5.15. The van der Waals surface area contributed by atoms with Crippen molar-refractivity contribution in [1.82, 2.24) is 9.78 Å². The second-order valence-electron chi connectivity index (χ2n) is 1.15. The summed E-state index contributed by atoms with van der Waals surface area (Å²) in [6.45, 7) is 0. The van der Waals surface area contributed by atoms with Crippen molar-refractivity contribution in [3.8, 4) is 0 Å². The first-order chi connectivity index (χ1) is 3.80. The summed E-state index contributed by atoms with van der Waals surface area (Å²) in [4.78, 5) is 9.93. The maximum atomic E-state index is 9.93. The van der Waals surface area contributed by atoms with E-state index < -0.39 is 6.09 Å². The number of carboxylic acid groups (broad SMARTS) is 1. The summed E-state index contributed by atoms with van der Waals surface area (Å²) in [5, 5.41) is 11.5. The van der Waals surface area contributed by atoms with Crippen molar-refractivity contribution in [3.05, 3.63) is 18.5 Å². The third kappa shape index (κ3) is 1.87. The molecule has 4 nitrogen and oxygen atoms in total. The third-order valence-corrected chi connectivity index (χ3v) is 0.635. The minimum absolute atomic E-state index is 0. The van der Waals surface area contributed by atoms with Crippen LogP contribution >= 0.6 is 0 Å². The van der Waals surface area contributed by atoms with Gasteiger partial charge in [-0.25, -0.2) is 0 Å². The van der Waals surface area contributed by atoms with Crippen LogP contribution in [0.1, 0.15) is 0 Å². The van der Waals surface area contributed by atoms with E-state index >= 15 is 0 Å². The number of rotatable bonds is 0. The van der Waals surface area contributed by atoms with Crippen LogP contribution < -0.4 is 0 Å². The first-order valence-corrected chi connectivity index (χ1v) is 1.96. The Morgan fingerprint density at radius 2 is 2.44 bits per heavy atom. The molecule has 0 radical (unpaired) electrons. The maximum Gasteiger partial charge on any atom is 1.00 e. The Balaban J connectivity index is 0.000000640. The number of aromatic nitrogens is 2. The monoisotopic (exact) mass is 174 g/mol. The van der Waals surface area contributed by atoms with Gasteiger partial charge < -0.3 is 9.90 Å². The van der Waals surface area contributed by atoms with Gasteiger partial charge in [0.1, 0.15) is 0 Å². The molecule has 1 heterocycles. The standard InChI is InChI=1S/C4H3N2O2.Cu/c7-4(8)6-3-1-2-5-6;/h1-2H,(H,7,8);/q-1;+1. The molecule has 0 atom stereocenters. The van der Waals surface area contributed by atoms with Crippen molar-refractivity contribution in [2.24, 2.45) is 0 Å². The van der Waals surface area contributed by atoms with Gasteiger partial charge in [0.05, 0.1) is 0 Å². The van der Waals surface area contributed by atoms with E-state index in [4.69, 9.17) is 5.11 Å². The largest absolute Gasteiger partial charge is 1.00 e. The SMILES string of the molecule is O=C(O)n1[c-]ccn1.[Cu+]. The van der Waals surface area contributed by atoms with Gasteiger partial charge in [-0.05, 0) is 0 Å². The predicted molar refractivity (Wildman–Crippen MR) is 24.5 cm³/mol. The molecule has 1 rings (SSSR count). The molecule has 9 heavy (non-hydrogen) atoms. The second-order valence-corrected chi connectivity index (χ2v) is 1.15. The molecule has 0 aliphatic rings. The first kappa shape index (κ1) is 8.20. The fraction of sp³-hybridized carbons (Fsp3) is 0. The number of hydrogen-bond donors (Lipinski definition) is 1. The van der Waals surface area contributed by atoms with Gasteiger partial charge in [-0.15, -0.1) is 6.07 Å². The average molecular weight is 175 g/mol. The molecule has 0 aliphatic heterocycles. The van der Waals surface area contributed by atoms with E-state index in [1.165, 1.54) is 12.3 Å². The quantitative estimate of drug-likeness (QED) is 0.452. The van der Waals surface area contributed by atoms with Gasteiger partial charge in [0, 0.05) is 0 Å². The zero-order valence-electron chi connectivity index (χ0n) is 4.21. The van der Waals surface area contributed by atoms with Crippen molar-refractivity contribution < 1.29 is 27.0 Å². The summed E-state index contributed by atoms with van der Waals surface area (Å²) in [5.41, 5.74) is 0. The van der Waals surface area contributed by atoms with Crippen LogP contribution in [0.5, 0.6) is 0 Å². The van der Waals surface area contributed by atoms with Gasteiger partial charge in [0.2, 0.25) is 0 Å². The smallest absolute Gasteiger partial charge is 0.521 e. The maximum absolute atomic E-state index is 9.93. The topological polar surface area (TPSA) is 55.1 Å². The summed E-state index contributed by atoms with van der Waals surface area (Å²) in [6.07, 6.45) is 2.58. The van der Waals surface area contributed by atoms with E-state index in [0.29, 0.717) is 4.68 Å². The van der Waals surface area contributed by atoms with E-state index in [2.05, 4.69) is 11.3 Å². The summed E-state index contributed by atoms with van der Waals surface area (Å²) in [7, 11) is 0. The molecular weight excluding hydrogens is 172 g/mol. The van der Waals surface area contributed by atoms with E-state index in [1.54, 1.807) is 0 Å². The zero-order chi connectivity index (χ0) is 5.98. The minimum atomic E-state index is -1.12. The van der Waals surface area contributed by atoms with Crippen LogP contribution in [0.15, 0.2) is 12.3 Å². The minimum Gasteiger partial charge on any atom is -0.521 e. The summed E-state index contributed by atoms with van der Waals surface area (Å²) in [6, 6.07) is 1.42. The fourth-order valence-electron chi connectivity index (χ4n) is 0.342. The molecule has 0 unspecified atom stereocenters. The molecule has 1 aromatic heterocycles. The van der Waals surface area contributed by atoms with Gasteiger partial charge in [-0.3, -0.25) is 9.78 Å². The molecule has 0 amide bonds. The molecule has 0 aromatic carbocycles. The predicted octanol–water partition coefficient (Wildman–Crippen LogP) is 0.207. The van der Waals surface area contributed by atoms with E-state index in [9.17, 15) is 4.79 Å². The van der Waals surface area contributed by atoms with Crippen LogP contribution in [-0.2, 0) is 17.1 Å². The molecule has 0 saturated heterocycles. The van der Waals surface area contributed by atoms with Crippen molar-refractivity contribution >= 4 is 6.09 Å². The molecular formula is C4H3CuN2O2. The molecule has 1 aromatic rings. The Morgan fingerprint density at radius 3 is 2.67 bits per heavy atom. The van der Waals surface area contributed by atoms with Crippen LogP contribution in [0.25, 0.3) is 0 Å². The Bertz CT molecular complexity index is 184. The number of hydrogen-bond acceptors (Lipinski definition) is 2. The van der Waals surface area contributed by atoms with Gasteiger partial charge in [0.25, 0.3) is 0 Å². The number of carbonyl (C=O) groups is 1. The summed E-state index contributed by atoms with van der Waals surface area (Å²) in [5.74, 6) is 0. The van der Waals surface area contributed by atoms with Crippen LogP contribution in [-0.4, -0.2) is 21.0 Å². The molecule has 0 saturated carbocycles. The Labute approximate surface area is 62.0 Å². The summed E-state index contributed by atoms with van der Waals surface area (Å²) < 4.78 is 0.708. The Kier molecular flexibility index (Phi) is 2.98. The van der Waals surface area contributed by atoms with E-state index in [1.807, 2.05) is 0 Å². The average Bonchev–Trinajstić information content (AvgIpc) is 2.12. The molecule has 0 aliphatic carbocycles. The summed E-state index contributed by atoms with van der Waals surface area (Å²) >= 11 is 0. The fourth-order valence-corrected chi connectivity index (χ4v) is 0.342. The van der Waals surface area contributed by atoms with Crippen molar-refractivity contribution in [2.75, 3.05) is 0 Å².